The van der Waals surface area contributed by atoms with E-state index in [1.165, 1.54) is 32.2 Å². The van der Waals surface area contributed by atoms with E-state index in [0.717, 1.165) is 0 Å². The van der Waals surface area contributed by atoms with Crippen LogP contribution < -0.4 is 0 Å². The van der Waals surface area contributed by atoms with E-state index < -0.39 is 22.2 Å². The molecule has 1 aromatic rings. The predicted octanol–water partition coefficient (Wildman–Crippen LogP) is 2.00. The molecule has 0 amide bonds. The fraction of sp³-hybridized carbons (Fsp3) is 0.364. The molecule has 0 saturated carbocycles. The summed E-state index contributed by atoms with van der Waals surface area (Å²) in [6.45, 7) is 1.47. The second-order valence-corrected chi connectivity index (χ2v) is 5.61. The molecule has 1 aromatic carbocycles. The second kappa shape index (κ2) is 6.17. The molecule has 7 heteroatoms. The van der Waals surface area contributed by atoms with Crippen molar-refractivity contribution in [2.75, 3.05) is 7.11 Å². The molecule has 0 bridgehead atoms. The van der Waals surface area contributed by atoms with Crippen molar-refractivity contribution in [3.8, 4) is 0 Å². The molecule has 100 valence electrons. The van der Waals surface area contributed by atoms with Gasteiger partial charge in [0, 0.05) is 5.02 Å². The van der Waals surface area contributed by atoms with Crippen LogP contribution in [0.2, 0.25) is 5.02 Å². The zero-order chi connectivity index (χ0) is 13.8. The molecule has 0 saturated heterocycles. The van der Waals surface area contributed by atoms with Crippen molar-refractivity contribution in [2.24, 2.45) is 0 Å². The van der Waals surface area contributed by atoms with E-state index in [1.807, 2.05) is 0 Å². The Morgan fingerprint density at radius 2 is 2.11 bits per heavy atom. The minimum absolute atomic E-state index is 0.0493. The summed E-state index contributed by atoms with van der Waals surface area (Å²) in [5.74, 6) is -0.538. The van der Waals surface area contributed by atoms with E-state index in [4.69, 9.17) is 15.8 Å². The maximum Gasteiger partial charge on any atom is 0.308 e. The summed E-state index contributed by atoms with van der Waals surface area (Å²) < 4.78 is 33.0. The number of hydrogen-bond acceptors (Lipinski definition) is 5. The van der Waals surface area contributed by atoms with Crippen molar-refractivity contribution < 1.29 is 22.1 Å². The van der Waals surface area contributed by atoms with Crippen LogP contribution in [-0.4, -0.2) is 27.6 Å². The summed E-state index contributed by atoms with van der Waals surface area (Å²) in [4.78, 5) is 10.9. The van der Waals surface area contributed by atoms with Gasteiger partial charge in [-0.15, -0.1) is 0 Å². The number of ether oxygens (including phenoxy) is 1. The van der Waals surface area contributed by atoms with E-state index in [1.54, 1.807) is 6.07 Å². The van der Waals surface area contributed by atoms with E-state index in [0.29, 0.717) is 5.02 Å². The minimum atomic E-state index is -3.93. The second-order valence-electron chi connectivity index (χ2n) is 3.60. The van der Waals surface area contributed by atoms with Gasteiger partial charge in [-0.05, 0) is 25.1 Å². The highest BCUT2D eigenvalue weighted by molar-refractivity contribution is 7.86. The number of hydrogen-bond donors (Lipinski definition) is 0. The summed E-state index contributed by atoms with van der Waals surface area (Å²) in [6, 6.07) is 5.70. The fourth-order valence-corrected chi connectivity index (χ4v) is 2.63. The lowest BCUT2D eigenvalue weighted by Crippen LogP contribution is -2.19. The van der Waals surface area contributed by atoms with Crippen LogP contribution in [-0.2, 0) is 23.8 Å². The van der Waals surface area contributed by atoms with E-state index in [-0.39, 0.29) is 11.3 Å². The maximum absolute atomic E-state index is 11.8. The molecule has 5 nitrogen and oxygen atoms in total. The molecule has 0 radical (unpaired) electrons. The lowest BCUT2D eigenvalue weighted by atomic mass is 10.3. The quantitative estimate of drug-likeness (QED) is 0.613. The third-order valence-corrected chi connectivity index (χ3v) is 3.71. The molecule has 0 unspecified atom stereocenters. The number of carbonyl (C=O) groups excluding carboxylic acids is 1. The van der Waals surface area contributed by atoms with Crippen molar-refractivity contribution in [2.45, 2.75) is 24.3 Å². The zero-order valence-electron chi connectivity index (χ0n) is 9.92. The first-order chi connectivity index (χ1) is 8.35. The molecule has 0 spiro atoms. The van der Waals surface area contributed by atoms with Crippen LogP contribution in [0.25, 0.3) is 0 Å². The van der Waals surface area contributed by atoms with Gasteiger partial charge in [-0.1, -0.05) is 17.7 Å². The Balaban J connectivity index is 2.79. The Bertz CT molecular complexity index is 526. The molecule has 0 aliphatic heterocycles. The van der Waals surface area contributed by atoms with Gasteiger partial charge in [-0.3, -0.25) is 8.98 Å². The van der Waals surface area contributed by atoms with Crippen LogP contribution in [0.3, 0.4) is 0 Å². The third-order valence-electron chi connectivity index (χ3n) is 2.06. The van der Waals surface area contributed by atoms with Crippen molar-refractivity contribution in [1.82, 2.24) is 0 Å². The monoisotopic (exact) mass is 292 g/mol. The molecule has 0 aliphatic carbocycles. The largest absolute Gasteiger partial charge is 0.469 e. The fourth-order valence-electron chi connectivity index (χ4n) is 1.25. The highest BCUT2D eigenvalue weighted by atomic mass is 35.5. The third kappa shape index (κ3) is 4.29. The van der Waals surface area contributed by atoms with Crippen LogP contribution in [0.5, 0.6) is 0 Å². The van der Waals surface area contributed by atoms with Gasteiger partial charge < -0.3 is 4.74 Å². The first kappa shape index (κ1) is 14.9. The number of methoxy groups -OCH3 is 1. The SMILES string of the molecule is COC(=O)C[C@@H](C)OS(=O)(=O)c1cccc(Cl)c1. The molecule has 0 N–H and O–H groups in total. The van der Waals surface area contributed by atoms with E-state index in [2.05, 4.69) is 4.74 Å². The minimum Gasteiger partial charge on any atom is -0.469 e. The molecular formula is C11H13ClO5S. The zero-order valence-corrected chi connectivity index (χ0v) is 11.5. The molecule has 0 fully saturated rings. The number of esters is 1. The van der Waals surface area contributed by atoms with Gasteiger partial charge in [-0.2, -0.15) is 8.42 Å². The highest BCUT2D eigenvalue weighted by Gasteiger charge is 2.21. The molecule has 1 atom stereocenters. The van der Waals surface area contributed by atoms with Crippen molar-refractivity contribution in [3.63, 3.8) is 0 Å². The van der Waals surface area contributed by atoms with Crippen molar-refractivity contribution in [3.05, 3.63) is 29.3 Å². The number of carbonyl (C=O) groups is 1. The van der Waals surface area contributed by atoms with Gasteiger partial charge in [0.05, 0.1) is 24.5 Å². The van der Waals surface area contributed by atoms with Gasteiger partial charge in [0.1, 0.15) is 0 Å². The topological polar surface area (TPSA) is 69.7 Å². The number of halogens is 1. The number of rotatable bonds is 5. The van der Waals surface area contributed by atoms with E-state index in [9.17, 15) is 13.2 Å². The van der Waals surface area contributed by atoms with Crippen molar-refractivity contribution >= 4 is 27.7 Å². The average molecular weight is 293 g/mol. The predicted molar refractivity (Wildman–Crippen MR) is 65.8 cm³/mol. The van der Waals surface area contributed by atoms with E-state index >= 15 is 0 Å². The van der Waals surface area contributed by atoms with Crippen LogP contribution in [0, 0.1) is 0 Å². The molecular weight excluding hydrogens is 280 g/mol. The highest BCUT2D eigenvalue weighted by Crippen LogP contribution is 2.19. The Kier molecular flexibility index (Phi) is 5.13. The Morgan fingerprint density at radius 1 is 1.44 bits per heavy atom. The standard InChI is InChI=1S/C11H13ClO5S/c1-8(6-11(13)16-2)17-18(14,15)10-5-3-4-9(12)7-10/h3-5,7-8H,6H2,1-2H3/t8-/m1/s1. The van der Waals surface area contributed by atoms with Crippen molar-refractivity contribution in [1.29, 1.82) is 0 Å². The Labute approximate surface area is 111 Å². The average Bonchev–Trinajstić information content (AvgIpc) is 2.28. The number of benzene rings is 1. The molecule has 18 heavy (non-hydrogen) atoms. The first-order valence-corrected chi connectivity index (χ1v) is 6.89. The first-order valence-electron chi connectivity index (χ1n) is 5.11. The van der Waals surface area contributed by atoms with Gasteiger partial charge in [-0.25, -0.2) is 0 Å². The maximum atomic E-state index is 11.8. The van der Waals surface area contributed by atoms with Gasteiger partial charge in [0.2, 0.25) is 0 Å². The van der Waals surface area contributed by atoms with Gasteiger partial charge in [0.25, 0.3) is 10.1 Å². The lowest BCUT2D eigenvalue weighted by Gasteiger charge is -2.11. The Hall–Kier alpha value is -1.11. The molecule has 0 aliphatic rings. The molecule has 1 rings (SSSR count). The lowest BCUT2D eigenvalue weighted by molar-refractivity contribution is -0.142. The normalized spacial score (nSPS) is 13.1. The summed E-state index contributed by atoms with van der Waals surface area (Å²) in [5, 5.41) is 0.292. The molecule has 0 aromatic heterocycles. The van der Waals surface area contributed by atoms with Crippen LogP contribution >= 0.6 is 11.6 Å². The summed E-state index contributed by atoms with van der Waals surface area (Å²) in [5.41, 5.74) is 0. The van der Waals surface area contributed by atoms with Crippen LogP contribution in [0.1, 0.15) is 13.3 Å². The van der Waals surface area contributed by atoms with Crippen LogP contribution in [0.4, 0.5) is 0 Å². The van der Waals surface area contributed by atoms with Gasteiger partial charge >= 0.3 is 5.97 Å². The smallest absolute Gasteiger partial charge is 0.308 e. The van der Waals surface area contributed by atoms with Crippen LogP contribution in [0.15, 0.2) is 29.2 Å². The molecule has 0 heterocycles. The Morgan fingerprint density at radius 3 is 2.67 bits per heavy atom. The summed E-state index contributed by atoms with van der Waals surface area (Å²) in [6.07, 6.45) is -0.947. The summed E-state index contributed by atoms with van der Waals surface area (Å²) in [7, 11) is -2.71. The van der Waals surface area contributed by atoms with Gasteiger partial charge in [0.15, 0.2) is 0 Å². The summed E-state index contributed by atoms with van der Waals surface area (Å²) >= 11 is 5.70.